The molecule has 1 N–H and O–H groups in total. The van der Waals surface area contributed by atoms with Crippen LogP contribution in [0.25, 0.3) is 11.0 Å². The highest BCUT2D eigenvalue weighted by Gasteiger charge is 2.15. The number of nitrogens with one attached hydrogen (secondary N) is 1. The monoisotopic (exact) mass is 363 g/mol. The molecule has 0 radical (unpaired) electrons. The van der Waals surface area contributed by atoms with E-state index in [2.05, 4.69) is 44.5 Å². The van der Waals surface area contributed by atoms with Gasteiger partial charge in [-0.2, -0.15) is 0 Å². The van der Waals surface area contributed by atoms with Crippen molar-refractivity contribution in [3.63, 3.8) is 0 Å². The van der Waals surface area contributed by atoms with Gasteiger partial charge in [-0.05, 0) is 43.9 Å². The van der Waals surface area contributed by atoms with E-state index in [0.717, 1.165) is 43.5 Å². The molecule has 3 heterocycles. The van der Waals surface area contributed by atoms with Crippen LogP contribution in [-0.2, 0) is 13.0 Å². The van der Waals surface area contributed by atoms with Crippen LogP contribution in [0.5, 0.6) is 0 Å². The SMILES string of the molecule is CCn1c(=O)c(NCCCN2CCCc3ccccc32)nc2ccncc21. The van der Waals surface area contributed by atoms with Gasteiger partial charge in [-0.25, -0.2) is 4.98 Å². The number of benzene rings is 1. The third-order valence-electron chi connectivity index (χ3n) is 5.17. The van der Waals surface area contributed by atoms with Gasteiger partial charge in [0.2, 0.25) is 0 Å². The summed E-state index contributed by atoms with van der Waals surface area (Å²) in [4.78, 5) is 23.7. The van der Waals surface area contributed by atoms with Crippen molar-refractivity contribution in [2.75, 3.05) is 29.9 Å². The van der Waals surface area contributed by atoms with Gasteiger partial charge in [0.15, 0.2) is 5.82 Å². The molecule has 1 aliphatic rings. The smallest absolute Gasteiger partial charge is 0.293 e. The number of anilines is 2. The van der Waals surface area contributed by atoms with Crippen molar-refractivity contribution < 1.29 is 0 Å². The lowest BCUT2D eigenvalue weighted by molar-refractivity contribution is 0.672. The molecule has 0 amide bonds. The molecule has 0 fully saturated rings. The molecular formula is C21H25N5O. The van der Waals surface area contributed by atoms with Gasteiger partial charge in [0, 0.05) is 38.1 Å². The first-order chi connectivity index (χ1) is 13.3. The van der Waals surface area contributed by atoms with Crippen molar-refractivity contribution in [3.8, 4) is 0 Å². The fourth-order valence-electron chi connectivity index (χ4n) is 3.84. The van der Waals surface area contributed by atoms with Gasteiger partial charge in [-0.3, -0.25) is 9.78 Å². The first-order valence-corrected chi connectivity index (χ1v) is 9.69. The number of hydrogen-bond acceptors (Lipinski definition) is 5. The Morgan fingerprint density at radius 1 is 1.22 bits per heavy atom. The fourth-order valence-corrected chi connectivity index (χ4v) is 3.84. The van der Waals surface area contributed by atoms with E-state index in [1.54, 1.807) is 17.0 Å². The lowest BCUT2D eigenvalue weighted by atomic mass is 10.0. The van der Waals surface area contributed by atoms with Crippen molar-refractivity contribution in [1.29, 1.82) is 0 Å². The highest BCUT2D eigenvalue weighted by Crippen LogP contribution is 2.26. The van der Waals surface area contributed by atoms with Crippen molar-refractivity contribution in [1.82, 2.24) is 14.5 Å². The molecule has 4 rings (SSSR count). The van der Waals surface area contributed by atoms with Crippen molar-refractivity contribution >= 4 is 22.5 Å². The summed E-state index contributed by atoms with van der Waals surface area (Å²) in [7, 11) is 0. The molecule has 0 saturated carbocycles. The Kier molecular flexibility index (Phi) is 5.05. The average Bonchev–Trinajstić information content (AvgIpc) is 2.71. The number of pyridine rings is 1. The van der Waals surface area contributed by atoms with E-state index in [9.17, 15) is 4.79 Å². The van der Waals surface area contributed by atoms with Crippen molar-refractivity contribution in [2.45, 2.75) is 32.7 Å². The Hall–Kier alpha value is -2.89. The number of rotatable bonds is 6. The molecular weight excluding hydrogens is 338 g/mol. The highest BCUT2D eigenvalue weighted by atomic mass is 16.1. The number of aromatic nitrogens is 3. The summed E-state index contributed by atoms with van der Waals surface area (Å²) in [5, 5.41) is 3.25. The molecule has 1 aromatic carbocycles. The minimum absolute atomic E-state index is 0.0821. The third kappa shape index (κ3) is 3.52. The van der Waals surface area contributed by atoms with Crippen LogP contribution in [0.2, 0.25) is 0 Å². The van der Waals surface area contributed by atoms with E-state index in [0.29, 0.717) is 12.4 Å². The zero-order chi connectivity index (χ0) is 18.6. The molecule has 6 nitrogen and oxygen atoms in total. The zero-order valence-electron chi connectivity index (χ0n) is 15.7. The minimum atomic E-state index is -0.0821. The fraction of sp³-hybridized carbons (Fsp3) is 0.381. The molecule has 2 aromatic heterocycles. The van der Waals surface area contributed by atoms with Crippen LogP contribution in [0.3, 0.4) is 0 Å². The number of nitrogens with zero attached hydrogens (tertiary/aromatic N) is 4. The normalized spacial score (nSPS) is 13.6. The zero-order valence-corrected chi connectivity index (χ0v) is 15.7. The molecule has 140 valence electrons. The Bertz CT molecular complexity index is 997. The Balaban J connectivity index is 1.43. The number of aryl methyl sites for hydroxylation is 2. The second kappa shape index (κ2) is 7.78. The van der Waals surface area contributed by atoms with Gasteiger partial charge in [0.25, 0.3) is 5.56 Å². The summed E-state index contributed by atoms with van der Waals surface area (Å²) in [5.74, 6) is 0.426. The van der Waals surface area contributed by atoms with Crippen LogP contribution in [0.1, 0.15) is 25.3 Å². The maximum absolute atomic E-state index is 12.7. The maximum atomic E-state index is 12.7. The van der Waals surface area contributed by atoms with E-state index in [4.69, 9.17) is 0 Å². The first kappa shape index (κ1) is 17.5. The van der Waals surface area contributed by atoms with E-state index in [-0.39, 0.29) is 5.56 Å². The van der Waals surface area contributed by atoms with E-state index in [1.807, 2.05) is 13.0 Å². The summed E-state index contributed by atoms with van der Waals surface area (Å²) >= 11 is 0. The highest BCUT2D eigenvalue weighted by molar-refractivity contribution is 5.75. The average molecular weight is 363 g/mol. The van der Waals surface area contributed by atoms with Gasteiger partial charge < -0.3 is 14.8 Å². The standard InChI is InChI=1S/C21H25N5O/c1-2-26-19-15-22-12-10-17(19)24-20(21(26)27)23-11-6-14-25-13-5-8-16-7-3-4-9-18(16)25/h3-4,7,9-10,12,15H,2,5-6,8,11,13-14H2,1H3,(H,23,24). The van der Waals surface area contributed by atoms with Crippen LogP contribution >= 0.6 is 0 Å². The predicted octanol–water partition coefficient (Wildman–Crippen LogP) is 3.07. The van der Waals surface area contributed by atoms with Crippen LogP contribution in [0.4, 0.5) is 11.5 Å². The summed E-state index contributed by atoms with van der Waals surface area (Å²) in [6.45, 7) is 5.36. The van der Waals surface area contributed by atoms with Gasteiger partial charge in [0.1, 0.15) is 0 Å². The number of fused-ring (bicyclic) bond motifs is 2. The van der Waals surface area contributed by atoms with E-state index in [1.165, 1.54) is 17.7 Å². The molecule has 0 bridgehead atoms. The van der Waals surface area contributed by atoms with Crippen LogP contribution in [0, 0.1) is 0 Å². The van der Waals surface area contributed by atoms with Crippen molar-refractivity contribution in [2.24, 2.45) is 0 Å². The molecule has 3 aromatic rings. The van der Waals surface area contributed by atoms with Gasteiger partial charge in [0.05, 0.1) is 17.2 Å². The Labute approximate surface area is 158 Å². The predicted molar refractivity (Wildman–Crippen MR) is 110 cm³/mol. The quantitative estimate of drug-likeness (QED) is 0.682. The second-order valence-electron chi connectivity index (χ2n) is 6.87. The van der Waals surface area contributed by atoms with Gasteiger partial charge in [-0.15, -0.1) is 0 Å². The molecule has 0 atom stereocenters. The number of hydrogen-bond donors (Lipinski definition) is 1. The third-order valence-corrected chi connectivity index (χ3v) is 5.17. The molecule has 0 saturated heterocycles. The largest absolute Gasteiger partial charge is 0.371 e. The molecule has 27 heavy (non-hydrogen) atoms. The lowest BCUT2D eigenvalue weighted by Crippen LogP contribution is -2.31. The summed E-state index contributed by atoms with van der Waals surface area (Å²) in [6.07, 6.45) is 6.72. The summed E-state index contributed by atoms with van der Waals surface area (Å²) in [5.41, 5.74) is 4.28. The maximum Gasteiger partial charge on any atom is 0.293 e. The Morgan fingerprint density at radius 2 is 2.11 bits per heavy atom. The number of para-hydroxylation sites is 1. The molecule has 0 spiro atoms. The second-order valence-corrected chi connectivity index (χ2v) is 6.87. The lowest BCUT2D eigenvalue weighted by Gasteiger charge is -2.31. The van der Waals surface area contributed by atoms with Crippen LogP contribution < -0.4 is 15.8 Å². The van der Waals surface area contributed by atoms with Gasteiger partial charge >= 0.3 is 0 Å². The minimum Gasteiger partial charge on any atom is -0.371 e. The van der Waals surface area contributed by atoms with E-state index < -0.39 is 0 Å². The van der Waals surface area contributed by atoms with Crippen LogP contribution in [-0.4, -0.2) is 34.2 Å². The molecule has 0 unspecified atom stereocenters. The molecule has 0 aliphatic carbocycles. The topological polar surface area (TPSA) is 63.1 Å². The van der Waals surface area contributed by atoms with E-state index >= 15 is 0 Å². The molecule has 6 heteroatoms. The van der Waals surface area contributed by atoms with Crippen molar-refractivity contribution in [3.05, 3.63) is 58.6 Å². The Morgan fingerprint density at radius 3 is 3.00 bits per heavy atom. The van der Waals surface area contributed by atoms with Crippen LogP contribution in [0.15, 0.2) is 47.5 Å². The summed E-state index contributed by atoms with van der Waals surface area (Å²) < 4.78 is 1.72. The summed E-state index contributed by atoms with van der Waals surface area (Å²) in [6, 6.07) is 10.5. The molecule has 1 aliphatic heterocycles. The van der Waals surface area contributed by atoms with Gasteiger partial charge in [-0.1, -0.05) is 18.2 Å². The first-order valence-electron chi connectivity index (χ1n) is 9.69.